The lowest BCUT2D eigenvalue weighted by Crippen LogP contribution is -2.23. The molecule has 3 aromatic rings. The zero-order chi connectivity index (χ0) is 20.4. The van der Waals surface area contributed by atoms with E-state index in [1.54, 1.807) is 36.1 Å². The molecular weight excluding hydrogens is 370 g/mol. The molecular formula is C22H21N3O4. The van der Waals surface area contributed by atoms with Gasteiger partial charge in [0.05, 0.1) is 18.7 Å². The van der Waals surface area contributed by atoms with E-state index >= 15 is 0 Å². The second-order valence-electron chi connectivity index (χ2n) is 6.93. The summed E-state index contributed by atoms with van der Waals surface area (Å²) >= 11 is 0. The second kappa shape index (κ2) is 7.79. The molecule has 1 N–H and O–H groups in total. The van der Waals surface area contributed by atoms with E-state index in [2.05, 4.69) is 10.3 Å². The van der Waals surface area contributed by atoms with Crippen molar-refractivity contribution in [3.05, 3.63) is 65.5 Å². The molecule has 1 saturated heterocycles. The van der Waals surface area contributed by atoms with Crippen molar-refractivity contribution < 1.29 is 18.7 Å². The summed E-state index contributed by atoms with van der Waals surface area (Å²) in [5.74, 6) is 0.941. The maximum absolute atomic E-state index is 12.4. The number of rotatable bonds is 5. The first-order chi connectivity index (χ1) is 14.0. The van der Waals surface area contributed by atoms with Crippen LogP contribution in [0.25, 0.3) is 11.5 Å². The average Bonchev–Trinajstić information content (AvgIpc) is 3.29. The second-order valence-corrected chi connectivity index (χ2v) is 6.93. The van der Waals surface area contributed by atoms with E-state index in [1.807, 2.05) is 31.2 Å². The summed E-state index contributed by atoms with van der Waals surface area (Å²) in [6.45, 7) is 4.74. The van der Waals surface area contributed by atoms with Gasteiger partial charge in [-0.25, -0.2) is 9.78 Å². The lowest BCUT2D eigenvalue weighted by atomic mass is 10.1. The number of nitrogens with one attached hydrogen (secondary N) is 1. The third-order valence-electron chi connectivity index (χ3n) is 4.74. The largest absolute Gasteiger partial charge is 0.447 e. The first-order valence-electron chi connectivity index (χ1n) is 9.37. The molecule has 0 atom stereocenters. The summed E-state index contributed by atoms with van der Waals surface area (Å²) in [7, 11) is 0. The van der Waals surface area contributed by atoms with E-state index in [-0.39, 0.29) is 18.4 Å². The predicted octanol–water partition coefficient (Wildman–Crippen LogP) is 4.10. The summed E-state index contributed by atoms with van der Waals surface area (Å²) in [5, 5.41) is 2.85. The maximum atomic E-state index is 12.4. The lowest BCUT2D eigenvalue weighted by molar-refractivity contribution is -0.115. The molecule has 1 aliphatic rings. The molecule has 1 aromatic heterocycles. The van der Waals surface area contributed by atoms with Gasteiger partial charge in [0.1, 0.15) is 12.4 Å². The van der Waals surface area contributed by atoms with Crippen molar-refractivity contribution in [2.45, 2.75) is 20.3 Å². The van der Waals surface area contributed by atoms with Gasteiger partial charge in [-0.3, -0.25) is 9.69 Å². The van der Waals surface area contributed by atoms with Crippen LogP contribution in [0.15, 0.2) is 52.9 Å². The molecule has 148 valence electrons. The van der Waals surface area contributed by atoms with Crippen molar-refractivity contribution >= 4 is 23.4 Å². The number of cyclic esters (lactones) is 1. The van der Waals surface area contributed by atoms with Gasteiger partial charge in [-0.05, 0) is 50.2 Å². The van der Waals surface area contributed by atoms with Crippen LogP contribution in [0.2, 0.25) is 0 Å². The van der Waals surface area contributed by atoms with E-state index in [9.17, 15) is 9.59 Å². The summed E-state index contributed by atoms with van der Waals surface area (Å²) in [5.41, 5.74) is 4.02. The molecule has 2 amide bonds. The third-order valence-corrected chi connectivity index (χ3v) is 4.74. The third kappa shape index (κ3) is 4.13. The number of amides is 2. The van der Waals surface area contributed by atoms with Gasteiger partial charge in [0, 0.05) is 16.9 Å². The van der Waals surface area contributed by atoms with Crippen LogP contribution in [0.4, 0.5) is 16.2 Å². The number of oxazole rings is 1. The Kier molecular flexibility index (Phi) is 5.03. The molecule has 29 heavy (non-hydrogen) atoms. The monoisotopic (exact) mass is 391 g/mol. The normalized spacial score (nSPS) is 13.4. The van der Waals surface area contributed by atoms with Gasteiger partial charge < -0.3 is 14.5 Å². The number of aromatic nitrogens is 1. The van der Waals surface area contributed by atoms with Crippen LogP contribution >= 0.6 is 0 Å². The highest BCUT2D eigenvalue weighted by Gasteiger charge is 2.23. The highest BCUT2D eigenvalue weighted by Crippen LogP contribution is 2.24. The molecule has 0 spiro atoms. The van der Waals surface area contributed by atoms with Gasteiger partial charge in [0.15, 0.2) is 0 Å². The molecule has 4 rings (SSSR count). The first kappa shape index (κ1) is 18.7. The minimum absolute atomic E-state index is 0.112. The van der Waals surface area contributed by atoms with Crippen LogP contribution in [0.5, 0.6) is 0 Å². The fourth-order valence-corrected chi connectivity index (χ4v) is 3.12. The number of benzene rings is 2. The Morgan fingerprint density at radius 2 is 1.83 bits per heavy atom. The topological polar surface area (TPSA) is 84.7 Å². The summed E-state index contributed by atoms with van der Waals surface area (Å²) in [6.07, 6.45) is -0.242. The number of nitrogens with zero attached hydrogens (tertiary/aromatic N) is 2. The van der Waals surface area contributed by atoms with E-state index in [0.717, 1.165) is 16.8 Å². The molecule has 2 aromatic carbocycles. The van der Waals surface area contributed by atoms with Crippen molar-refractivity contribution in [3.63, 3.8) is 0 Å². The van der Waals surface area contributed by atoms with Crippen LogP contribution in [0.3, 0.4) is 0 Å². The fourth-order valence-electron chi connectivity index (χ4n) is 3.12. The molecule has 0 unspecified atom stereocenters. The Morgan fingerprint density at radius 3 is 2.48 bits per heavy atom. The van der Waals surface area contributed by atoms with Crippen molar-refractivity contribution in [2.24, 2.45) is 0 Å². The Labute approximate surface area is 168 Å². The minimum Gasteiger partial charge on any atom is -0.447 e. The Morgan fingerprint density at radius 1 is 1.10 bits per heavy atom. The van der Waals surface area contributed by atoms with E-state index < -0.39 is 0 Å². The predicted molar refractivity (Wildman–Crippen MR) is 109 cm³/mol. The van der Waals surface area contributed by atoms with Crippen molar-refractivity contribution in [1.29, 1.82) is 0 Å². The molecule has 2 heterocycles. The van der Waals surface area contributed by atoms with E-state index in [1.165, 1.54) is 0 Å². The van der Waals surface area contributed by atoms with Crippen LogP contribution in [0.1, 0.15) is 17.0 Å². The smallest absolute Gasteiger partial charge is 0.414 e. The fraction of sp³-hybridized carbons (Fsp3) is 0.227. The van der Waals surface area contributed by atoms with Crippen molar-refractivity contribution in [1.82, 2.24) is 4.98 Å². The number of carbonyl (C=O) groups is 2. The molecule has 7 heteroatoms. The average molecular weight is 391 g/mol. The molecule has 1 aliphatic heterocycles. The zero-order valence-electron chi connectivity index (χ0n) is 16.3. The minimum atomic E-state index is -0.354. The molecule has 0 saturated carbocycles. The van der Waals surface area contributed by atoms with Gasteiger partial charge in [-0.15, -0.1) is 0 Å². The zero-order valence-corrected chi connectivity index (χ0v) is 16.3. The van der Waals surface area contributed by atoms with E-state index in [0.29, 0.717) is 36.2 Å². The maximum Gasteiger partial charge on any atom is 0.414 e. The van der Waals surface area contributed by atoms with Gasteiger partial charge in [-0.1, -0.05) is 17.7 Å². The number of ether oxygens (including phenoxy) is 1. The molecule has 1 fully saturated rings. The van der Waals surface area contributed by atoms with Gasteiger partial charge >= 0.3 is 6.09 Å². The Hall–Kier alpha value is -3.61. The van der Waals surface area contributed by atoms with Gasteiger partial charge in [-0.2, -0.15) is 0 Å². The lowest BCUT2D eigenvalue weighted by Gasteiger charge is -2.13. The van der Waals surface area contributed by atoms with Crippen LogP contribution in [0, 0.1) is 13.8 Å². The first-order valence-corrected chi connectivity index (χ1v) is 9.37. The van der Waals surface area contributed by atoms with Gasteiger partial charge in [0.25, 0.3) is 0 Å². The highest BCUT2D eigenvalue weighted by atomic mass is 16.6. The highest BCUT2D eigenvalue weighted by molar-refractivity contribution is 5.93. The number of hydrogen-bond donors (Lipinski definition) is 1. The summed E-state index contributed by atoms with van der Waals surface area (Å²) < 4.78 is 10.7. The number of anilines is 2. The number of hydrogen-bond acceptors (Lipinski definition) is 5. The van der Waals surface area contributed by atoms with E-state index in [4.69, 9.17) is 9.15 Å². The molecule has 0 radical (unpaired) electrons. The number of aryl methyl sites for hydroxylation is 2. The Bertz CT molecular complexity index is 1040. The SMILES string of the molecule is Cc1ccc(-c2nc(CC(=O)Nc3ccc(N4CCOC4=O)cc3)c(C)o2)cc1. The van der Waals surface area contributed by atoms with Crippen molar-refractivity contribution in [3.8, 4) is 11.5 Å². The standard InChI is InChI=1S/C22H21N3O4/c1-14-3-5-16(6-4-14)21-24-19(15(2)29-21)13-20(26)23-17-7-9-18(10-8-17)25-11-12-28-22(25)27/h3-10H,11-13H2,1-2H3,(H,23,26). The summed E-state index contributed by atoms with van der Waals surface area (Å²) in [4.78, 5) is 30.1. The van der Waals surface area contributed by atoms with Gasteiger partial charge in [0.2, 0.25) is 11.8 Å². The van der Waals surface area contributed by atoms with Crippen LogP contribution in [-0.4, -0.2) is 30.1 Å². The Balaban J connectivity index is 1.41. The summed E-state index contributed by atoms with van der Waals surface area (Å²) in [6, 6.07) is 14.9. The molecule has 0 bridgehead atoms. The molecule has 7 nitrogen and oxygen atoms in total. The quantitative estimate of drug-likeness (QED) is 0.708. The van der Waals surface area contributed by atoms with Crippen molar-refractivity contribution in [2.75, 3.05) is 23.4 Å². The van der Waals surface area contributed by atoms with Crippen LogP contribution < -0.4 is 10.2 Å². The number of carbonyl (C=O) groups excluding carboxylic acids is 2. The van der Waals surface area contributed by atoms with Crippen LogP contribution in [-0.2, 0) is 16.0 Å². The molecule has 0 aliphatic carbocycles.